The summed E-state index contributed by atoms with van der Waals surface area (Å²) in [5.41, 5.74) is 15.5. The predicted octanol–water partition coefficient (Wildman–Crippen LogP) is 2.22. The number of pyridine rings is 1. The number of hydrogen-bond acceptors (Lipinski definition) is 6. The van der Waals surface area contributed by atoms with Gasteiger partial charge in [0.25, 0.3) is 0 Å². The molecule has 3 heterocycles. The summed E-state index contributed by atoms with van der Waals surface area (Å²) in [4.78, 5) is 8.84. The molecular formula is C16H23N5S. The lowest BCUT2D eigenvalue weighted by molar-refractivity contribution is 0.506. The number of nitrogens with zero attached hydrogens (tertiary/aromatic N) is 3. The molecule has 4 N–H and O–H groups in total. The molecule has 1 unspecified atom stereocenters. The van der Waals surface area contributed by atoms with Crippen LogP contribution in [0.1, 0.15) is 19.8 Å². The molecule has 2 atom stereocenters. The van der Waals surface area contributed by atoms with Gasteiger partial charge in [-0.2, -0.15) is 0 Å². The van der Waals surface area contributed by atoms with Gasteiger partial charge in [0.1, 0.15) is 5.37 Å². The lowest BCUT2D eigenvalue weighted by atomic mass is 10.1. The van der Waals surface area contributed by atoms with Gasteiger partial charge in [0.15, 0.2) is 0 Å². The lowest BCUT2D eigenvalue weighted by Crippen LogP contribution is -2.43. The number of aromatic nitrogens is 1. The highest BCUT2D eigenvalue weighted by Gasteiger charge is 2.29. The van der Waals surface area contributed by atoms with Crippen LogP contribution in [-0.4, -0.2) is 29.5 Å². The molecule has 0 aromatic carbocycles. The van der Waals surface area contributed by atoms with Crippen LogP contribution in [-0.2, 0) is 0 Å². The van der Waals surface area contributed by atoms with Crippen molar-refractivity contribution >= 4 is 23.1 Å². The van der Waals surface area contributed by atoms with Gasteiger partial charge < -0.3 is 21.3 Å². The van der Waals surface area contributed by atoms with Gasteiger partial charge in [-0.3, -0.25) is 4.98 Å². The Morgan fingerprint density at radius 2 is 2.27 bits per heavy atom. The first-order valence-electron chi connectivity index (χ1n) is 7.58. The Morgan fingerprint density at radius 1 is 1.45 bits per heavy atom. The molecule has 0 saturated carbocycles. The molecule has 1 fully saturated rings. The standard InChI is InChI=1S/C16H23N5S/c1-11(2)16-21(10-15(18)22-16)14-8-19-6-5-13(14)20-7-3-4-12(17)9-20/h5-6,8,10,12,16H,1,3-4,7,9,17-18H2,2H3/t12?,16-/m0/s1. The van der Waals surface area contributed by atoms with Crippen LogP contribution in [0.2, 0.25) is 0 Å². The minimum absolute atomic E-state index is 0.126. The molecule has 1 aromatic rings. The monoisotopic (exact) mass is 317 g/mol. The molecule has 0 amide bonds. The largest absolute Gasteiger partial charge is 0.392 e. The summed E-state index contributed by atoms with van der Waals surface area (Å²) in [7, 11) is 0. The van der Waals surface area contributed by atoms with Crippen molar-refractivity contribution in [2.45, 2.75) is 31.2 Å². The highest BCUT2D eigenvalue weighted by molar-refractivity contribution is 8.04. The molecule has 22 heavy (non-hydrogen) atoms. The van der Waals surface area contributed by atoms with Gasteiger partial charge in [-0.05, 0) is 31.4 Å². The highest BCUT2D eigenvalue weighted by Crippen LogP contribution is 2.41. The van der Waals surface area contributed by atoms with Gasteiger partial charge in [0.2, 0.25) is 0 Å². The van der Waals surface area contributed by atoms with Crippen molar-refractivity contribution in [1.82, 2.24) is 4.98 Å². The predicted molar refractivity (Wildman–Crippen MR) is 94.6 cm³/mol. The lowest BCUT2D eigenvalue weighted by Gasteiger charge is -2.36. The van der Waals surface area contributed by atoms with Crippen LogP contribution in [0.15, 0.2) is 41.8 Å². The summed E-state index contributed by atoms with van der Waals surface area (Å²) in [6.45, 7) is 8.04. The molecule has 6 heteroatoms. The summed E-state index contributed by atoms with van der Waals surface area (Å²) in [5.74, 6) is 0. The fraction of sp³-hybridized carbons (Fsp3) is 0.438. The fourth-order valence-electron chi connectivity index (χ4n) is 3.03. The Labute approximate surface area is 136 Å². The number of piperidine rings is 1. The van der Waals surface area contributed by atoms with E-state index < -0.39 is 0 Å². The summed E-state index contributed by atoms with van der Waals surface area (Å²) < 4.78 is 0. The van der Waals surface area contributed by atoms with E-state index >= 15 is 0 Å². The topological polar surface area (TPSA) is 71.4 Å². The number of rotatable bonds is 3. The summed E-state index contributed by atoms with van der Waals surface area (Å²) in [5, 5.41) is 0.930. The fourth-order valence-corrected chi connectivity index (χ4v) is 3.95. The van der Waals surface area contributed by atoms with Crippen LogP contribution in [0.5, 0.6) is 0 Å². The van der Waals surface area contributed by atoms with Gasteiger partial charge in [0, 0.05) is 31.5 Å². The van der Waals surface area contributed by atoms with Crippen LogP contribution in [0, 0.1) is 0 Å². The molecule has 1 aromatic heterocycles. The van der Waals surface area contributed by atoms with Crippen molar-refractivity contribution < 1.29 is 0 Å². The van der Waals surface area contributed by atoms with E-state index in [1.54, 1.807) is 11.8 Å². The minimum Gasteiger partial charge on any atom is -0.392 e. The van der Waals surface area contributed by atoms with Crippen LogP contribution >= 0.6 is 11.8 Å². The highest BCUT2D eigenvalue weighted by atomic mass is 32.2. The molecule has 118 valence electrons. The second kappa shape index (κ2) is 6.22. The van der Waals surface area contributed by atoms with Gasteiger partial charge in [-0.15, -0.1) is 0 Å². The molecule has 0 radical (unpaired) electrons. The Balaban J connectivity index is 1.95. The normalized spacial score (nSPS) is 25.3. The maximum atomic E-state index is 6.14. The first kappa shape index (κ1) is 15.2. The first-order chi connectivity index (χ1) is 10.6. The smallest absolute Gasteiger partial charge is 0.106 e. The maximum Gasteiger partial charge on any atom is 0.106 e. The number of hydrogen-bond donors (Lipinski definition) is 2. The third kappa shape index (κ3) is 2.94. The Hall–Kier alpha value is -1.66. The number of anilines is 2. The van der Waals surface area contributed by atoms with Crippen molar-refractivity contribution in [2.24, 2.45) is 11.5 Å². The average molecular weight is 317 g/mol. The molecule has 2 aliphatic heterocycles. The zero-order chi connectivity index (χ0) is 15.7. The van der Waals surface area contributed by atoms with Gasteiger partial charge in [0.05, 0.1) is 22.6 Å². The SMILES string of the molecule is C=C(C)[C@@H]1SC(N)=CN1c1cnccc1N1CCCC(N)C1. The summed E-state index contributed by atoms with van der Waals surface area (Å²) in [6, 6.07) is 2.30. The first-order valence-corrected chi connectivity index (χ1v) is 8.46. The Kier molecular flexibility index (Phi) is 4.31. The summed E-state index contributed by atoms with van der Waals surface area (Å²) in [6.07, 6.45) is 7.94. The van der Waals surface area contributed by atoms with Gasteiger partial charge in [-0.25, -0.2) is 0 Å². The molecule has 5 nitrogen and oxygen atoms in total. The van der Waals surface area contributed by atoms with E-state index in [1.807, 2.05) is 25.5 Å². The Morgan fingerprint density at radius 3 is 3.00 bits per heavy atom. The van der Waals surface area contributed by atoms with E-state index in [9.17, 15) is 0 Å². The van der Waals surface area contributed by atoms with Crippen LogP contribution in [0.3, 0.4) is 0 Å². The quantitative estimate of drug-likeness (QED) is 0.833. The van der Waals surface area contributed by atoms with Crippen molar-refractivity contribution in [3.8, 4) is 0 Å². The molecule has 2 aliphatic rings. The molecule has 3 rings (SSSR count). The van der Waals surface area contributed by atoms with E-state index in [0.29, 0.717) is 0 Å². The third-order valence-corrected chi connectivity index (χ3v) is 5.27. The van der Waals surface area contributed by atoms with E-state index in [-0.39, 0.29) is 11.4 Å². The van der Waals surface area contributed by atoms with E-state index in [2.05, 4.69) is 27.4 Å². The third-order valence-electron chi connectivity index (χ3n) is 4.04. The second-order valence-corrected chi connectivity index (χ2v) is 7.12. The van der Waals surface area contributed by atoms with Crippen LogP contribution < -0.4 is 21.3 Å². The van der Waals surface area contributed by atoms with Gasteiger partial charge in [-0.1, -0.05) is 18.3 Å². The molecule has 0 spiro atoms. The van der Waals surface area contributed by atoms with E-state index in [0.717, 1.165) is 42.2 Å². The van der Waals surface area contributed by atoms with Crippen molar-refractivity contribution in [3.63, 3.8) is 0 Å². The zero-order valence-corrected chi connectivity index (χ0v) is 13.7. The maximum absolute atomic E-state index is 6.14. The van der Waals surface area contributed by atoms with Crippen molar-refractivity contribution in [2.75, 3.05) is 22.9 Å². The van der Waals surface area contributed by atoms with Crippen LogP contribution in [0.4, 0.5) is 11.4 Å². The molecule has 0 bridgehead atoms. The van der Waals surface area contributed by atoms with Crippen molar-refractivity contribution in [3.05, 3.63) is 41.8 Å². The number of thioether (sulfide) groups is 1. The zero-order valence-electron chi connectivity index (χ0n) is 12.9. The second-order valence-electron chi connectivity index (χ2n) is 5.97. The van der Waals surface area contributed by atoms with Gasteiger partial charge >= 0.3 is 0 Å². The van der Waals surface area contributed by atoms with E-state index in [1.165, 1.54) is 5.69 Å². The minimum atomic E-state index is 0.126. The summed E-state index contributed by atoms with van der Waals surface area (Å²) >= 11 is 1.63. The molecule has 0 aliphatic carbocycles. The molecular weight excluding hydrogens is 294 g/mol. The number of nitrogens with two attached hydrogens (primary N) is 2. The molecule has 1 saturated heterocycles. The van der Waals surface area contributed by atoms with Crippen LogP contribution in [0.25, 0.3) is 0 Å². The van der Waals surface area contributed by atoms with E-state index in [4.69, 9.17) is 11.5 Å². The average Bonchev–Trinajstić information content (AvgIpc) is 2.89. The van der Waals surface area contributed by atoms with Crippen molar-refractivity contribution in [1.29, 1.82) is 0 Å². The Bertz CT molecular complexity index is 600.